The van der Waals surface area contributed by atoms with Crippen molar-refractivity contribution in [2.24, 2.45) is 0 Å². The fourth-order valence-electron chi connectivity index (χ4n) is 5.68. The Morgan fingerprint density at radius 3 is 2.15 bits per heavy atom. The highest BCUT2D eigenvalue weighted by atomic mass is 16.5. The van der Waals surface area contributed by atoms with E-state index in [4.69, 9.17) is 19.4 Å². The third-order valence-corrected chi connectivity index (χ3v) is 8.64. The fourth-order valence-corrected chi connectivity index (χ4v) is 5.68. The van der Waals surface area contributed by atoms with Gasteiger partial charge in [-0.3, -0.25) is 9.78 Å². The van der Waals surface area contributed by atoms with Crippen molar-refractivity contribution in [2.45, 2.75) is 94.1 Å². The quantitative estimate of drug-likeness (QED) is 0.172. The van der Waals surface area contributed by atoms with Gasteiger partial charge in [0.2, 0.25) is 0 Å². The monoisotopic (exact) mass is 659 g/mol. The molecule has 2 aliphatic heterocycles. The number of esters is 1. The predicted octanol–water partition coefficient (Wildman–Crippen LogP) is 8.18. The molecule has 8 bridgehead atoms. The van der Waals surface area contributed by atoms with Crippen molar-refractivity contribution in [3.8, 4) is 0 Å². The van der Waals surface area contributed by atoms with Crippen LogP contribution in [-0.2, 0) is 38.5 Å². The van der Waals surface area contributed by atoms with Gasteiger partial charge in [-0.05, 0) is 92.6 Å². The van der Waals surface area contributed by atoms with Crippen LogP contribution in [0.4, 0.5) is 4.79 Å². The molecule has 0 aliphatic carbocycles. The first-order valence-electron chi connectivity index (χ1n) is 16.9. The van der Waals surface area contributed by atoms with E-state index in [1.807, 2.05) is 13.8 Å². The Morgan fingerprint density at radius 1 is 0.896 bits per heavy atom. The van der Waals surface area contributed by atoms with Crippen molar-refractivity contribution < 1.29 is 23.8 Å². The number of rotatable bonds is 7. The van der Waals surface area contributed by atoms with E-state index < -0.39 is 6.09 Å². The third-order valence-electron chi connectivity index (χ3n) is 8.64. The maximum absolute atomic E-state index is 12.3. The van der Waals surface area contributed by atoms with Crippen LogP contribution in [-0.4, -0.2) is 59.4 Å². The molecule has 0 fully saturated rings. The summed E-state index contributed by atoms with van der Waals surface area (Å²) in [5.74, 6) is 0.124. The van der Waals surface area contributed by atoms with Gasteiger partial charge in [-0.1, -0.05) is 34.6 Å². The van der Waals surface area contributed by atoms with Crippen LogP contribution in [0, 0.1) is 20.8 Å². The Labute approximate surface area is 284 Å². The second-order valence-corrected chi connectivity index (χ2v) is 11.7. The molecule has 48 heavy (non-hydrogen) atoms. The van der Waals surface area contributed by atoms with E-state index in [1.165, 1.54) is 18.2 Å². The first-order valence-corrected chi connectivity index (χ1v) is 16.9. The lowest BCUT2D eigenvalue weighted by molar-refractivity contribution is -0.140. The fraction of sp³-hybridized carbons (Fsp3) is 0.474. The lowest BCUT2D eigenvalue weighted by Gasteiger charge is -2.07. The highest BCUT2D eigenvalue weighted by Gasteiger charge is 2.21. The first kappa shape index (κ1) is 38.0. The number of hydrogen-bond acceptors (Lipinski definition) is 7. The van der Waals surface area contributed by atoms with Gasteiger partial charge in [0.25, 0.3) is 0 Å². The number of hydrogen-bond donors (Lipinski definition) is 3. The van der Waals surface area contributed by atoms with E-state index in [0.29, 0.717) is 19.6 Å². The first-order chi connectivity index (χ1) is 23.0. The summed E-state index contributed by atoms with van der Waals surface area (Å²) in [5.41, 5.74) is 14.7. The van der Waals surface area contributed by atoms with Crippen molar-refractivity contribution in [1.82, 2.24) is 25.3 Å². The molecule has 0 saturated carbocycles. The molecule has 0 saturated heterocycles. The van der Waals surface area contributed by atoms with Gasteiger partial charge < -0.3 is 29.5 Å². The zero-order valence-corrected chi connectivity index (χ0v) is 30.6. The molecule has 1 amide bonds. The van der Waals surface area contributed by atoms with Crippen LogP contribution >= 0.6 is 0 Å². The molecule has 0 spiro atoms. The molecule has 260 valence electrons. The third kappa shape index (κ3) is 8.92. The Hall–Kier alpha value is -4.44. The molecule has 5 heterocycles. The molecular weight excluding hydrogens is 606 g/mol. The largest absolute Gasteiger partial charge is 0.469 e. The van der Waals surface area contributed by atoms with Crippen LogP contribution in [0.1, 0.15) is 104 Å². The number of alkyl carbamates (subject to hydrolysis) is 1. The number of allylic oxidation sites excluding steroid dienone is 1. The molecule has 5 rings (SSSR count). The van der Waals surface area contributed by atoms with E-state index in [0.717, 1.165) is 79.9 Å². The highest BCUT2D eigenvalue weighted by Crippen LogP contribution is 2.32. The molecule has 1 atom stereocenters. The molecule has 0 radical (unpaired) electrons. The van der Waals surface area contributed by atoms with Crippen molar-refractivity contribution in [3.63, 3.8) is 0 Å². The summed E-state index contributed by atoms with van der Waals surface area (Å²) in [6, 6.07) is 6.42. The van der Waals surface area contributed by atoms with Crippen LogP contribution in [0.3, 0.4) is 0 Å². The summed E-state index contributed by atoms with van der Waals surface area (Å²) in [5, 5.41) is 2.73. The van der Waals surface area contributed by atoms with Crippen molar-refractivity contribution in [2.75, 3.05) is 27.4 Å². The SMILES string of the molecule is CC.CCC(=O)OC.CCc1c(C)c2cc3[nH]c(cc4nc(c(C)c5nc(cc1[nH]2)C(C)=C5)CC4C)c(C)c3COC(=O)NCCOC. The summed E-state index contributed by atoms with van der Waals surface area (Å²) in [6.07, 6.45) is 3.94. The lowest BCUT2D eigenvalue weighted by Crippen LogP contribution is -2.27. The topological polar surface area (TPSA) is 131 Å². The van der Waals surface area contributed by atoms with Gasteiger partial charge in [-0.15, -0.1) is 0 Å². The standard InChI is InChI=1S/C32H39N5O3.C4H8O2.C2H6/c1-8-22-19(4)29-15-31-23(16-40-32(38)33-9-10-39-7)20(5)28(37-31)13-24-17(2)11-26(34-24)21(6)27-12-18(3)25(35-27)14-30(22)36-29;1-3-4(5)6-2;1-2/h12-15,17,36-37H,8-11,16H2,1-7H3,(H,33,38);3H2,1-2H3;1-2H3. The minimum atomic E-state index is -0.468. The van der Waals surface area contributed by atoms with E-state index >= 15 is 0 Å². The van der Waals surface area contributed by atoms with E-state index in [-0.39, 0.29) is 18.5 Å². The number of aromatic nitrogens is 4. The summed E-state index contributed by atoms with van der Waals surface area (Å²) >= 11 is 0. The Bertz CT molecular complexity index is 1790. The Kier molecular flexibility index (Phi) is 14.0. The number of methoxy groups -OCH3 is 2. The van der Waals surface area contributed by atoms with Crippen LogP contribution in [0.5, 0.6) is 0 Å². The average molecular weight is 660 g/mol. The van der Waals surface area contributed by atoms with Gasteiger partial charge in [-0.25, -0.2) is 9.78 Å². The van der Waals surface area contributed by atoms with Crippen LogP contribution in [0.15, 0.2) is 18.2 Å². The Balaban J connectivity index is 0.000000705. The minimum Gasteiger partial charge on any atom is -0.469 e. The van der Waals surface area contributed by atoms with Crippen molar-refractivity contribution in [3.05, 3.63) is 68.8 Å². The number of H-pyrrole nitrogens is 2. The van der Waals surface area contributed by atoms with Gasteiger partial charge in [0.1, 0.15) is 6.61 Å². The molecule has 3 N–H and O–H groups in total. The maximum Gasteiger partial charge on any atom is 0.407 e. The summed E-state index contributed by atoms with van der Waals surface area (Å²) in [4.78, 5) is 39.6. The van der Waals surface area contributed by atoms with Gasteiger partial charge in [-0.2, -0.15) is 0 Å². The van der Waals surface area contributed by atoms with Crippen molar-refractivity contribution >= 4 is 45.8 Å². The lowest BCUT2D eigenvalue weighted by atomic mass is 10.0. The van der Waals surface area contributed by atoms with Gasteiger partial charge in [0.15, 0.2) is 0 Å². The molecule has 10 nitrogen and oxygen atoms in total. The molecule has 2 aliphatic rings. The van der Waals surface area contributed by atoms with Crippen LogP contribution in [0.25, 0.3) is 33.7 Å². The number of amides is 1. The molecule has 10 heteroatoms. The minimum absolute atomic E-state index is 0.144. The van der Waals surface area contributed by atoms with Crippen molar-refractivity contribution in [1.29, 1.82) is 0 Å². The summed E-state index contributed by atoms with van der Waals surface area (Å²) in [6.45, 7) is 19.6. The average Bonchev–Trinajstić information content (AvgIpc) is 3.80. The maximum atomic E-state index is 12.3. The molecule has 0 aromatic carbocycles. The molecular formula is C38H53N5O5. The zero-order chi connectivity index (χ0) is 35.5. The predicted molar refractivity (Wildman–Crippen MR) is 194 cm³/mol. The summed E-state index contributed by atoms with van der Waals surface area (Å²) < 4.78 is 14.9. The van der Waals surface area contributed by atoms with Gasteiger partial charge in [0, 0.05) is 65.0 Å². The van der Waals surface area contributed by atoms with Crippen LogP contribution in [0.2, 0.25) is 0 Å². The summed E-state index contributed by atoms with van der Waals surface area (Å²) in [7, 11) is 2.98. The molecule has 3 aromatic heterocycles. The van der Waals surface area contributed by atoms with Gasteiger partial charge >= 0.3 is 12.1 Å². The van der Waals surface area contributed by atoms with Crippen LogP contribution < -0.4 is 5.32 Å². The van der Waals surface area contributed by atoms with Gasteiger partial charge in [0.05, 0.1) is 25.1 Å². The van der Waals surface area contributed by atoms with E-state index in [1.54, 1.807) is 14.0 Å². The molecule has 1 unspecified atom stereocenters. The number of nitrogens with zero attached hydrogens (tertiary/aromatic N) is 2. The molecule has 3 aromatic rings. The number of fused-ring (bicyclic) bond motifs is 8. The second-order valence-electron chi connectivity index (χ2n) is 11.7. The second kappa shape index (κ2) is 17.6. The Morgan fingerprint density at radius 2 is 1.54 bits per heavy atom. The number of aryl methyl sites for hydroxylation is 3. The smallest absolute Gasteiger partial charge is 0.407 e. The number of ether oxygens (including phenoxy) is 3. The van der Waals surface area contributed by atoms with E-state index in [2.05, 4.69) is 85.8 Å². The van der Waals surface area contributed by atoms with E-state index in [9.17, 15) is 9.59 Å². The number of carbonyl (C=O) groups excluding carboxylic acids is 2. The highest BCUT2D eigenvalue weighted by molar-refractivity contribution is 5.85. The zero-order valence-electron chi connectivity index (χ0n) is 30.6. The number of nitrogens with one attached hydrogen (secondary N) is 3. The normalized spacial score (nSPS) is 13.4. The number of aromatic amines is 2. The number of carbonyl (C=O) groups is 2.